The van der Waals surface area contributed by atoms with Gasteiger partial charge in [-0.2, -0.15) is 0 Å². The zero-order valence-electron chi connectivity index (χ0n) is 20.7. The van der Waals surface area contributed by atoms with Gasteiger partial charge >= 0.3 is 0 Å². The first-order valence-electron chi connectivity index (χ1n) is 12.4. The molecule has 4 unspecified atom stereocenters. The number of hydrogen-bond acceptors (Lipinski definition) is 8. The Morgan fingerprint density at radius 2 is 1.77 bits per heavy atom. The van der Waals surface area contributed by atoms with Crippen molar-refractivity contribution in [3.05, 3.63) is 35.1 Å². The summed E-state index contributed by atoms with van der Waals surface area (Å²) in [5.41, 5.74) is 1.28. The van der Waals surface area contributed by atoms with Crippen molar-refractivity contribution in [3.8, 4) is 11.5 Å². The average molecular weight is 487 g/mol. The van der Waals surface area contributed by atoms with Crippen LogP contribution in [0.2, 0.25) is 0 Å². The molecule has 3 heterocycles. The molecule has 0 bridgehead atoms. The second-order valence-corrected chi connectivity index (χ2v) is 9.51. The number of morpholine rings is 1. The van der Waals surface area contributed by atoms with Crippen molar-refractivity contribution in [2.24, 2.45) is 5.92 Å². The largest absolute Gasteiger partial charge is 0.493 e. The number of carbonyl (C=O) groups excluding carboxylic acids is 2. The number of ether oxygens (including phenoxy) is 5. The highest BCUT2D eigenvalue weighted by molar-refractivity contribution is 6.11. The summed E-state index contributed by atoms with van der Waals surface area (Å²) in [6.07, 6.45) is 1.84. The molecule has 1 aliphatic carbocycles. The van der Waals surface area contributed by atoms with Crippen LogP contribution in [0.25, 0.3) is 0 Å². The Morgan fingerprint density at radius 3 is 2.49 bits per heavy atom. The Balaban J connectivity index is 1.49. The van der Waals surface area contributed by atoms with Crippen LogP contribution >= 0.6 is 0 Å². The van der Waals surface area contributed by atoms with Crippen molar-refractivity contribution < 1.29 is 33.3 Å². The van der Waals surface area contributed by atoms with Crippen molar-refractivity contribution >= 4 is 11.7 Å². The quantitative estimate of drug-likeness (QED) is 0.578. The fourth-order valence-electron chi connectivity index (χ4n) is 5.77. The molecule has 4 atom stereocenters. The highest BCUT2D eigenvalue weighted by atomic mass is 16.5. The lowest BCUT2D eigenvalue weighted by atomic mass is 9.76. The topological polar surface area (TPSA) is 86.8 Å². The lowest BCUT2D eigenvalue weighted by Crippen LogP contribution is -2.43. The summed E-state index contributed by atoms with van der Waals surface area (Å²) in [6, 6.07) is 5.05. The van der Waals surface area contributed by atoms with Crippen LogP contribution in [0, 0.1) is 5.92 Å². The van der Waals surface area contributed by atoms with Crippen molar-refractivity contribution in [2.75, 3.05) is 60.7 Å². The number of benzene rings is 1. The first-order chi connectivity index (χ1) is 17.0. The molecule has 5 rings (SSSR count). The Labute approximate surface area is 205 Å². The summed E-state index contributed by atoms with van der Waals surface area (Å²) in [7, 11) is 4.85. The first-order valence-corrected chi connectivity index (χ1v) is 12.4. The van der Waals surface area contributed by atoms with Gasteiger partial charge in [0.15, 0.2) is 23.0 Å². The standard InChI is InChI=1S/C26H34N2O7/c1-31-17-5-6-18-20(15-17)35-25-22(24(18)29)23(16-4-7-19(32-2)21(14-16)33-3)28(26(25)30)9-8-27-10-12-34-13-11-27/h4,7,14,17-18,20,23H,5-6,8-13,15H2,1-3H3. The minimum absolute atomic E-state index is 0.0211. The molecule has 2 fully saturated rings. The monoisotopic (exact) mass is 486 g/mol. The van der Waals surface area contributed by atoms with Crippen LogP contribution in [-0.4, -0.2) is 94.4 Å². The molecule has 9 nitrogen and oxygen atoms in total. The summed E-state index contributed by atoms with van der Waals surface area (Å²) in [6.45, 7) is 4.22. The number of hydrogen-bond donors (Lipinski definition) is 0. The van der Waals surface area contributed by atoms with Gasteiger partial charge in [0.25, 0.3) is 5.91 Å². The van der Waals surface area contributed by atoms with Crippen LogP contribution < -0.4 is 9.47 Å². The normalized spacial score (nSPS) is 29.1. The van der Waals surface area contributed by atoms with E-state index >= 15 is 0 Å². The Bertz CT molecular complexity index is 1000. The number of fused-ring (bicyclic) bond motifs is 1. The van der Waals surface area contributed by atoms with E-state index in [1.165, 1.54) is 0 Å². The molecule has 35 heavy (non-hydrogen) atoms. The van der Waals surface area contributed by atoms with Gasteiger partial charge in [-0.3, -0.25) is 14.5 Å². The number of ketones is 1. The number of carbonyl (C=O) groups is 2. The molecule has 0 spiro atoms. The second-order valence-electron chi connectivity index (χ2n) is 9.51. The molecule has 190 valence electrons. The van der Waals surface area contributed by atoms with Crippen molar-refractivity contribution in [3.63, 3.8) is 0 Å². The van der Waals surface area contributed by atoms with Crippen molar-refractivity contribution in [2.45, 2.75) is 37.5 Å². The fraction of sp³-hybridized carbons (Fsp3) is 0.615. The van der Waals surface area contributed by atoms with Crippen LogP contribution in [0.15, 0.2) is 29.5 Å². The molecule has 1 saturated heterocycles. The summed E-state index contributed by atoms with van der Waals surface area (Å²) in [4.78, 5) is 31.6. The maximum absolute atomic E-state index is 13.9. The number of Topliss-reactive ketones (excluding diaryl/α,β-unsaturated/α-hetero) is 1. The van der Waals surface area contributed by atoms with E-state index in [0.717, 1.165) is 25.1 Å². The molecule has 1 aromatic carbocycles. The zero-order chi connectivity index (χ0) is 24.5. The summed E-state index contributed by atoms with van der Waals surface area (Å²) >= 11 is 0. The third-order valence-electron chi connectivity index (χ3n) is 7.72. The number of methoxy groups -OCH3 is 3. The van der Waals surface area contributed by atoms with E-state index in [-0.39, 0.29) is 35.6 Å². The second kappa shape index (κ2) is 10.2. The first kappa shape index (κ1) is 24.1. The van der Waals surface area contributed by atoms with Crippen LogP contribution in [-0.2, 0) is 23.8 Å². The van der Waals surface area contributed by atoms with Crippen molar-refractivity contribution in [1.29, 1.82) is 0 Å². The van der Waals surface area contributed by atoms with E-state index in [4.69, 9.17) is 23.7 Å². The predicted octanol–water partition coefficient (Wildman–Crippen LogP) is 1.96. The highest BCUT2D eigenvalue weighted by Crippen LogP contribution is 2.48. The molecule has 0 aromatic heterocycles. The summed E-state index contributed by atoms with van der Waals surface area (Å²) in [5.74, 6) is 0.901. The summed E-state index contributed by atoms with van der Waals surface area (Å²) < 4.78 is 28.2. The SMILES string of the molecule is COc1ccc(C2C3=C(OC4CC(OC)CCC4C3=O)C(=O)N2CCN2CCOCC2)cc1OC. The van der Waals surface area contributed by atoms with Gasteiger partial charge in [-0.1, -0.05) is 6.07 Å². The molecular weight excluding hydrogens is 452 g/mol. The summed E-state index contributed by atoms with van der Waals surface area (Å²) in [5, 5.41) is 0. The molecule has 1 amide bonds. The molecule has 1 aromatic rings. The molecule has 9 heteroatoms. The maximum atomic E-state index is 13.9. The zero-order valence-corrected chi connectivity index (χ0v) is 20.7. The smallest absolute Gasteiger partial charge is 0.290 e. The molecule has 1 saturated carbocycles. The van der Waals surface area contributed by atoms with Crippen molar-refractivity contribution in [1.82, 2.24) is 9.80 Å². The maximum Gasteiger partial charge on any atom is 0.290 e. The van der Waals surface area contributed by atoms with Gasteiger partial charge < -0.3 is 28.6 Å². The van der Waals surface area contributed by atoms with Gasteiger partial charge in [0, 0.05) is 39.7 Å². The average Bonchev–Trinajstić information content (AvgIpc) is 3.18. The van der Waals surface area contributed by atoms with Gasteiger partial charge in [-0.25, -0.2) is 0 Å². The molecule has 3 aliphatic heterocycles. The van der Waals surface area contributed by atoms with Gasteiger partial charge in [0.2, 0.25) is 0 Å². The Hall–Kier alpha value is -2.62. The Morgan fingerprint density at radius 1 is 1.00 bits per heavy atom. The van der Waals surface area contributed by atoms with Crippen LogP contribution in [0.4, 0.5) is 0 Å². The highest BCUT2D eigenvalue weighted by Gasteiger charge is 2.52. The fourth-order valence-corrected chi connectivity index (χ4v) is 5.77. The van der Waals surface area contributed by atoms with Gasteiger partial charge in [0.1, 0.15) is 6.10 Å². The minimum atomic E-state index is -0.521. The van der Waals surface area contributed by atoms with Crippen LogP contribution in [0.3, 0.4) is 0 Å². The van der Waals surface area contributed by atoms with Gasteiger partial charge in [-0.15, -0.1) is 0 Å². The van der Waals surface area contributed by atoms with Gasteiger partial charge in [-0.05, 0) is 30.5 Å². The van der Waals surface area contributed by atoms with Crippen LogP contribution in [0.5, 0.6) is 11.5 Å². The van der Waals surface area contributed by atoms with E-state index in [1.54, 1.807) is 26.2 Å². The Kier molecular flexibility index (Phi) is 7.00. The minimum Gasteiger partial charge on any atom is -0.493 e. The number of nitrogens with zero attached hydrogens (tertiary/aromatic N) is 2. The van der Waals surface area contributed by atoms with Crippen LogP contribution in [0.1, 0.15) is 30.9 Å². The predicted molar refractivity (Wildman–Crippen MR) is 126 cm³/mol. The van der Waals surface area contributed by atoms with E-state index in [2.05, 4.69) is 4.90 Å². The van der Waals surface area contributed by atoms with E-state index in [1.807, 2.05) is 18.2 Å². The third kappa shape index (κ3) is 4.41. The lowest BCUT2D eigenvalue weighted by molar-refractivity contribution is -0.138. The molecular formula is C26H34N2O7. The van der Waals surface area contributed by atoms with E-state index in [0.29, 0.717) is 56.2 Å². The molecule has 0 N–H and O–H groups in total. The molecule has 4 aliphatic rings. The van der Waals surface area contributed by atoms with E-state index < -0.39 is 6.04 Å². The third-order valence-corrected chi connectivity index (χ3v) is 7.72. The lowest BCUT2D eigenvalue weighted by Gasteiger charge is -2.38. The van der Waals surface area contributed by atoms with Gasteiger partial charge in [0.05, 0.1) is 51.1 Å². The molecule has 0 radical (unpaired) electrons. The number of rotatable bonds is 7. The van der Waals surface area contributed by atoms with E-state index in [9.17, 15) is 9.59 Å². The number of amides is 1.